The average molecular weight is 288 g/mol. The van der Waals surface area contributed by atoms with Gasteiger partial charge in [0.15, 0.2) is 5.82 Å². The molecule has 6 heteroatoms. The van der Waals surface area contributed by atoms with Crippen LogP contribution in [0, 0.1) is 9.52 Å². The standard InChI is InChI=1S/C6H4F3IN2/c7-2-1-12-6(10)3(4(2)11)5(8)9/h1,5H,(H2,11,12). The molecular weight excluding hydrogens is 284 g/mol. The SMILES string of the molecule is Nc1c(F)cnc(I)c1C(F)F. The summed E-state index contributed by atoms with van der Waals surface area (Å²) in [7, 11) is 0. The van der Waals surface area contributed by atoms with Gasteiger partial charge in [0, 0.05) is 0 Å². The molecule has 12 heavy (non-hydrogen) atoms. The summed E-state index contributed by atoms with van der Waals surface area (Å²) in [6, 6.07) is 0. The first-order chi connectivity index (χ1) is 5.54. The van der Waals surface area contributed by atoms with E-state index in [9.17, 15) is 13.2 Å². The molecule has 1 aromatic rings. The van der Waals surface area contributed by atoms with E-state index >= 15 is 0 Å². The minimum absolute atomic E-state index is 0.0292. The van der Waals surface area contributed by atoms with Gasteiger partial charge < -0.3 is 5.73 Å². The molecule has 0 amide bonds. The molecule has 0 aliphatic rings. The molecule has 0 fully saturated rings. The predicted molar refractivity (Wildman–Crippen MR) is 46.3 cm³/mol. The summed E-state index contributed by atoms with van der Waals surface area (Å²) in [5, 5.41) is 0. The van der Waals surface area contributed by atoms with Crippen molar-refractivity contribution in [3.05, 3.63) is 21.3 Å². The topological polar surface area (TPSA) is 38.9 Å². The van der Waals surface area contributed by atoms with Crippen LogP contribution in [-0.2, 0) is 0 Å². The van der Waals surface area contributed by atoms with Gasteiger partial charge in [-0.05, 0) is 22.6 Å². The van der Waals surface area contributed by atoms with Gasteiger partial charge in [-0.1, -0.05) is 0 Å². The highest BCUT2D eigenvalue weighted by molar-refractivity contribution is 14.1. The number of nitrogens with zero attached hydrogens (tertiary/aromatic N) is 1. The zero-order valence-corrected chi connectivity index (χ0v) is 7.85. The Morgan fingerprint density at radius 1 is 1.50 bits per heavy atom. The highest BCUT2D eigenvalue weighted by Gasteiger charge is 2.18. The van der Waals surface area contributed by atoms with Crippen molar-refractivity contribution in [2.24, 2.45) is 0 Å². The maximum atomic E-state index is 12.6. The molecule has 0 saturated carbocycles. The zero-order chi connectivity index (χ0) is 9.30. The Morgan fingerprint density at radius 3 is 2.50 bits per heavy atom. The van der Waals surface area contributed by atoms with E-state index in [1.165, 1.54) is 0 Å². The van der Waals surface area contributed by atoms with Crippen molar-refractivity contribution in [1.82, 2.24) is 4.98 Å². The van der Waals surface area contributed by atoms with E-state index in [0.29, 0.717) is 0 Å². The third-order valence-electron chi connectivity index (χ3n) is 1.28. The molecule has 0 unspecified atom stereocenters. The first-order valence-corrected chi connectivity index (χ1v) is 3.99. The average Bonchev–Trinajstić information content (AvgIpc) is 1.97. The van der Waals surface area contributed by atoms with E-state index in [1.54, 1.807) is 22.6 Å². The number of hydrogen-bond donors (Lipinski definition) is 1. The number of alkyl halides is 2. The highest BCUT2D eigenvalue weighted by atomic mass is 127. The summed E-state index contributed by atoms with van der Waals surface area (Å²) in [6.07, 6.45) is -1.97. The van der Waals surface area contributed by atoms with E-state index in [-0.39, 0.29) is 3.70 Å². The summed E-state index contributed by atoms with van der Waals surface area (Å²) in [5.41, 5.74) is 4.03. The first kappa shape index (κ1) is 9.56. The van der Waals surface area contributed by atoms with Crippen LogP contribution < -0.4 is 5.73 Å². The molecular formula is C6H4F3IN2. The van der Waals surface area contributed by atoms with Crippen LogP contribution >= 0.6 is 22.6 Å². The van der Waals surface area contributed by atoms with Crippen molar-refractivity contribution < 1.29 is 13.2 Å². The number of halogens is 4. The van der Waals surface area contributed by atoms with Crippen LogP contribution in [0.3, 0.4) is 0 Å². The molecule has 1 aromatic heterocycles. The lowest BCUT2D eigenvalue weighted by Crippen LogP contribution is -2.03. The fourth-order valence-electron chi connectivity index (χ4n) is 0.700. The van der Waals surface area contributed by atoms with Gasteiger partial charge in [-0.2, -0.15) is 0 Å². The fourth-order valence-corrected chi connectivity index (χ4v) is 1.37. The number of anilines is 1. The summed E-state index contributed by atoms with van der Waals surface area (Å²) in [5.74, 6) is -0.911. The predicted octanol–water partition coefficient (Wildman–Crippen LogP) is 2.35. The van der Waals surface area contributed by atoms with Crippen LogP contribution in [0.2, 0.25) is 0 Å². The van der Waals surface area contributed by atoms with Crippen molar-refractivity contribution in [3.63, 3.8) is 0 Å². The fraction of sp³-hybridized carbons (Fsp3) is 0.167. The number of rotatable bonds is 1. The van der Waals surface area contributed by atoms with Crippen LogP contribution in [0.25, 0.3) is 0 Å². The Morgan fingerprint density at radius 2 is 2.08 bits per heavy atom. The zero-order valence-electron chi connectivity index (χ0n) is 5.69. The van der Waals surface area contributed by atoms with Crippen LogP contribution in [0.15, 0.2) is 6.20 Å². The van der Waals surface area contributed by atoms with E-state index in [2.05, 4.69) is 4.98 Å². The van der Waals surface area contributed by atoms with Gasteiger partial charge in [0.1, 0.15) is 3.70 Å². The summed E-state index contributed by atoms with van der Waals surface area (Å²) in [4.78, 5) is 3.41. The van der Waals surface area contributed by atoms with Crippen molar-refractivity contribution >= 4 is 28.3 Å². The second-order valence-electron chi connectivity index (χ2n) is 2.02. The lowest BCUT2D eigenvalue weighted by Gasteiger charge is -2.06. The quantitative estimate of drug-likeness (QED) is 0.636. The summed E-state index contributed by atoms with van der Waals surface area (Å²) in [6.45, 7) is 0. The Balaban J connectivity index is 3.33. The number of pyridine rings is 1. The minimum Gasteiger partial charge on any atom is -0.396 e. The lowest BCUT2D eigenvalue weighted by molar-refractivity contribution is 0.150. The number of aromatic nitrogens is 1. The summed E-state index contributed by atoms with van der Waals surface area (Å²) < 4.78 is 37.0. The van der Waals surface area contributed by atoms with Crippen molar-refractivity contribution in [2.75, 3.05) is 5.73 Å². The van der Waals surface area contributed by atoms with Gasteiger partial charge in [-0.3, -0.25) is 0 Å². The minimum atomic E-state index is -2.79. The van der Waals surface area contributed by atoms with Gasteiger partial charge in [-0.25, -0.2) is 18.2 Å². The van der Waals surface area contributed by atoms with E-state index in [4.69, 9.17) is 5.73 Å². The summed E-state index contributed by atoms with van der Waals surface area (Å²) >= 11 is 1.58. The first-order valence-electron chi connectivity index (χ1n) is 2.91. The Kier molecular flexibility index (Phi) is 2.76. The molecule has 0 saturated heterocycles. The molecule has 0 aromatic carbocycles. The van der Waals surface area contributed by atoms with Crippen LogP contribution in [0.5, 0.6) is 0 Å². The number of nitrogen functional groups attached to an aromatic ring is 1. The Hall–Kier alpha value is -0.530. The maximum Gasteiger partial charge on any atom is 0.268 e. The normalized spacial score (nSPS) is 10.8. The molecule has 0 aliphatic carbocycles. The van der Waals surface area contributed by atoms with E-state index in [0.717, 1.165) is 6.20 Å². The largest absolute Gasteiger partial charge is 0.396 e. The molecule has 0 bridgehead atoms. The van der Waals surface area contributed by atoms with Gasteiger partial charge in [-0.15, -0.1) is 0 Å². The van der Waals surface area contributed by atoms with Crippen molar-refractivity contribution in [1.29, 1.82) is 0 Å². The molecule has 66 valence electrons. The Labute approximate surface area is 80.1 Å². The van der Waals surface area contributed by atoms with Crippen LogP contribution in [0.1, 0.15) is 12.0 Å². The molecule has 2 nitrogen and oxygen atoms in total. The third kappa shape index (κ3) is 1.62. The molecule has 1 rings (SSSR count). The van der Waals surface area contributed by atoms with Gasteiger partial charge in [0.2, 0.25) is 0 Å². The van der Waals surface area contributed by atoms with Crippen LogP contribution in [-0.4, -0.2) is 4.98 Å². The van der Waals surface area contributed by atoms with Crippen molar-refractivity contribution in [2.45, 2.75) is 6.43 Å². The number of nitrogens with two attached hydrogens (primary N) is 1. The lowest BCUT2D eigenvalue weighted by atomic mass is 10.2. The molecule has 0 radical (unpaired) electrons. The smallest absolute Gasteiger partial charge is 0.268 e. The van der Waals surface area contributed by atoms with E-state index in [1.807, 2.05) is 0 Å². The maximum absolute atomic E-state index is 12.6. The van der Waals surface area contributed by atoms with Gasteiger partial charge in [0.25, 0.3) is 6.43 Å². The Bertz CT molecular complexity index is 303. The molecule has 2 N–H and O–H groups in total. The van der Waals surface area contributed by atoms with Crippen LogP contribution in [0.4, 0.5) is 18.9 Å². The second kappa shape index (κ2) is 3.46. The molecule has 0 atom stereocenters. The highest BCUT2D eigenvalue weighted by Crippen LogP contribution is 2.29. The van der Waals surface area contributed by atoms with Crippen molar-refractivity contribution in [3.8, 4) is 0 Å². The van der Waals surface area contributed by atoms with Gasteiger partial charge >= 0.3 is 0 Å². The monoisotopic (exact) mass is 288 g/mol. The third-order valence-corrected chi connectivity index (χ3v) is 2.14. The van der Waals surface area contributed by atoms with Gasteiger partial charge in [0.05, 0.1) is 17.4 Å². The van der Waals surface area contributed by atoms with E-state index < -0.39 is 23.5 Å². The number of hydrogen-bond acceptors (Lipinski definition) is 2. The molecule has 1 heterocycles. The molecule has 0 spiro atoms. The second-order valence-corrected chi connectivity index (χ2v) is 3.05. The molecule has 0 aliphatic heterocycles.